The zero-order valence-corrected chi connectivity index (χ0v) is 9.45. The van der Waals surface area contributed by atoms with Crippen molar-refractivity contribution < 1.29 is 14.3 Å². The summed E-state index contributed by atoms with van der Waals surface area (Å²) < 4.78 is 10.1. The molecule has 1 aromatic rings. The number of nitriles is 1. The molecule has 0 N–H and O–H groups in total. The summed E-state index contributed by atoms with van der Waals surface area (Å²) >= 11 is 5.30. The summed E-state index contributed by atoms with van der Waals surface area (Å²) in [7, 11) is 1.56. The molecule has 1 aromatic carbocycles. The van der Waals surface area contributed by atoms with Crippen LogP contribution in [0.1, 0.15) is 15.9 Å². The van der Waals surface area contributed by atoms with Gasteiger partial charge in [-0.05, 0) is 29.8 Å². The van der Waals surface area contributed by atoms with Crippen LogP contribution in [0.25, 0.3) is 0 Å². The Kier molecular flexibility index (Phi) is 4.77. The molecule has 0 aromatic heterocycles. The molecule has 4 nitrogen and oxygen atoms in total. The Morgan fingerprint density at radius 3 is 2.81 bits per heavy atom. The van der Waals surface area contributed by atoms with Crippen LogP contribution in [-0.2, 0) is 4.74 Å². The topological polar surface area (TPSA) is 59.3 Å². The Morgan fingerprint density at radius 2 is 2.25 bits per heavy atom. The molecule has 5 heteroatoms. The normalized spacial score (nSPS) is 9.56. The van der Waals surface area contributed by atoms with Crippen LogP contribution in [0.3, 0.4) is 0 Å². The van der Waals surface area contributed by atoms with Crippen molar-refractivity contribution in [3.8, 4) is 11.8 Å². The number of methoxy groups -OCH3 is 1. The molecule has 0 aliphatic rings. The first-order valence-corrected chi connectivity index (χ1v) is 4.92. The Labute approximate surface area is 98.3 Å². The maximum absolute atomic E-state index is 10.9. The molecule has 84 valence electrons. The number of carbonyl (C=O) groups is 1. The van der Waals surface area contributed by atoms with E-state index in [9.17, 15) is 4.79 Å². The molecule has 0 aliphatic heterocycles. The summed E-state index contributed by atoms with van der Waals surface area (Å²) in [5.74, 6) is 0.418. The van der Waals surface area contributed by atoms with Gasteiger partial charge in [-0.15, -0.1) is 0 Å². The van der Waals surface area contributed by atoms with Gasteiger partial charge in [0.1, 0.15) is 18.4 Å². The number of hydrogen-bond acceptors (Lipinski definition) is 4. The molecule has 0 heterocycles. The average molecular weight is 240 g/mol. The van der Waals surface area contributed by atoms with Crippen molar-refractivity contribution in [2.45, 2.75) is 0 Å². The van der Waals surface area contributed by atoms with Crippen molar-refractivity contribution in [2.75, 3.05) is 20.3 Å². The molecule has 0 aliphatic carbocycles. The van der Waals surface area contributed by atoms with Gasteiger partial charge in [-0.2, -0.15) is 5.26 Å². The predicted octanol–water partition coefficient (Wildman–Crippen LogP) is 1.96. The van der Waals surface area contributed by atoms with Crippen molar-refractivity contribution in [1.29, 1.82) is 5.26 Å². The third-order valence-corrected chi connectivity index (χ3v) is 2.09. The van der Waals surface area contributed by atoms with Crippen LogP contribution in [-0.4, -0.2) is 25.6 Å². The Bertz CT molecular complexity index is 426. The lowest BCUT2D eigenvalue weighted by Gasteiger charge is -2.07. The van der Waals surface area contributed by atoms with Crippen LogP contribution in [0.4, 0.5) is 0 Å². The molecule has 0 amide bonds. The van der Waals surface area contributed by atoms with Gasteiger partial charge in [0, 0.05) is 12.7 Å². The molecule has 0 fully saturated rings. The Hall–Kier alpha value is -1.57. The van der Waals surface area contributed by atoms with E-state index in [0.717, 1.165) is 0 Å². The van der Waals surface area contributed by atoms with Crippen molar-refractivity contribution in [3.63, 3.8) is 0 Å². The predicted molar refractivity (Wildman–Crippen MR) is 58.7 cm³/mol. The maximum Gasteiger partial charge on any atom is 0.252 e. The van der Waals surface area contributed by atoms with Gasteiger partial charge in [0.05, 0.1) is 12.2 Å². The third kappa shape index (κ3) is 3.23. The summed E-state index contributed by atoms with van der Waals surface area (Å²) in [5.41, 5.74) is 0.555. The van der Waals surface area contributed by atoms with E-state index >= 15 is 0 Å². The van der Waals surface area contributed by atoms with E-state index in [-0.39, 0.29) is 11.1 Å². The fourth-order valence-electron chi connectivity index (χ4n) is 1.10. The standard InChI is InChI=1S/C11H10ClNO3/c1-15-4-5-16-10-3-2-8(11(12)14)6-9(10)7-13/h2-3,6H,4-5H2,1H3. The number of nitrogens with zero attached hydrogens (tertiary/aromatic N) is 1. The zero-order valence-electron chi connectivity index (χ0n) is 8.70. The average Bonchev–Trinajstić information content (AvgIpc) is 2.29. The fraction of sp³-hybridized carbons (Fsp3) is 0.273. The van der Waals surface area contributed by atoms with Gasteiger partial charge in [-0.25, -0.2) is 0 Å². The molecule has 0 spiro atoms. The first kappa shape index (κ1) is 12.5. The van der Waals surface area contributed by atoms with Crippen LogP contribution in [0, 0.1) is 11.3 Å². The van der Waals surface area contributed by atoms with E-state index < -0.39 is 5.24 Å². The number of carbonyl (C=O) groups excluding carboxylic acids is 1. The Balaban J connectivity index is 2.86. The summed E-state index contributed by atoms with van der Waals surface area (Å²) in [6.07, 6.45) is 0. The summed E-state index contributed by atoms with van der Waals surface area (Å²) in [5, 5.41) is 8.27. The summed E-state index contributed by atoms with van der Waals surface area (Å²) in [4.78, 5) is 10.9. The molecular weight excluding hydrogens is 230 g/mol. The molecule has 1 rings (SSSR count). The zero-order chi connectivity index (χ0) is 12.0. The highest BCUT2D eigenvalue weighted by Gasteiger charge is 2.08. The second kappa shape index (κ2) is 6.11. The van der Waals surface area contributed by atoms with E-state index in [4.69, 9.17) is 26.3 Å². The fourth-order valence-corrected chi connectivity index (χ4v) is 1.22. The first-order valence-electron chi connectivity index (χ1n) is 4.54. The van der Waals surface area contributed by atoms with Gasteiger partial charge >= 0.3 is 0 Å². The maximum atomic E-state index is 10.9. The van der Waals surface area contributed by atoms with Crippen LogP contribution >= 0.6 is 11.6 Å². The van der Waals surface area contributed by atoms with Gasteiger partial charge in [-0.3, -0.25) is 4.79 Å². The van der Waals surface area contributed by atoms with Crippen molar-refractivity contribution in [1.82, 2.24) is 0 Å². The van der Waals surface area contributed by atoms with Crippen LogP contribution in [0.2, 0.25) is 0 Å². The number of benzene rings is 1. The van der Waals surface area contributed by atoms with Gasteiger partial charge in [0.15, 0.2) is 0 Å². The number of ether oxygens (including phenoxy) is 2. The van der Waals surface area contributed by atoms with Gasteiger partial charge in [0.2, 0.25) is 0 Å². The molecule has 0 saturated carbocycles. The van der Waals surface area contributed by atoms with E-state index in [1.807, 2.05) is 6.07 Å². The van der Waals surface area contributed by atoms with E-state index in [2.05, 4.69) is 0 Å². The lowest BCUT2D eigenvalue weighted by molar-refractivity contribution is 0.108. The smallest absolute Gasteiger partial charge is 0.252 e. The largest absolute Gasteiger partial charge is 0.490 e. The number of hydrogen-bond donors (Lipinski definition) is 0. The lowest BCUT2D eigenvalue weighted by Crippen LogP contribution is -2.05. The molecule has 0 atom stereocenters. The second-order valence-corrected chi connectivity index (χ2v) is 3.28. The summed E-state index contributed by atoms with van der Waals surface area (Å²) in [6, 6.07) is 6.40. The molecule has 0 unspecified atom stereocenters. The number of rotatable bonds is 5. The monoisotopic (exact) mass is 239 g/mol. The van der Waals surface area contributed by atoms with Gasteiger partial charge < -0.3 is 9.47 Å². The minimum Gasteiger partial charge on any atom is -0.490 e. The highest BCUT2D eigenvalue weighted by atomic mass is 35.5. The van der Waals surface area contributed by atoms with Crippen molar-refractivity contribution >= 4 is 16.8 Å². The molecule has 0 saturated heterocycles. The minimum absolute atomic E-state index is 0.275. The van der Waals surface area contributed by atoms with Crippen molar-refractivity contribution in [2.24, 2.45) is 0 Å². The lowest BCUT2D eigenvalue weighted by atomic mass is 10.1. The van der Waals surface area contributed by atoms with Gasteiger partial charge in [0.25, 0.3) is 5.24 Å². The molecule has 16 heavy (non-hydrogen) atoms. The Morgan fingerprint density at radius 1 is 1.50 bits per heavy atom. The van der Waals surface area contributed by atoms with Crippen molar-refractivity contribution in [3.05, 3.63) is 29.3 Å². The van der Waals surface area contributed by atoms with E-state index in [0.29, 0.717) is 19.0 Å². The quantitative estimate of drug-likeness (QED) is 0.582. The highest BCUT2D eigenvalue weighted by molar-refractivity contribution is 6.67. The van der Waals surface area contributed by atoms with E-state index in [1.165, 1.54) is 12.1 Å². The summed E-state index contributed by atoms with van der Waals surface area (Å²) in [6.45, 7) is 0.778. The third-order valence-electron chi connectivity index (χ3n) is 1.87. The van der Waals surface area contributed by atoms with Gasteiger partial charge in [-0.1, -0.05) is 0 Å². The molecular formula is C11H10ClNO3. The SMILES string of the molecule is COCCOc1ccc(C(=O)Cl)cc1C#N. The molecule has 0 radical (unpaired) electrons. The first-order chi connectivity index (χ1) is 7.69. The van der Waals surface area contributed by atoms with Crippen LogP contribution in [0.5, 0.6) is 5.75 Å². The minimum atomic E-state index is -0.597. The highest BCUT2D eigenvalue weighted by Crippen LogP contribution is 2.20. The second-order valence-electron chi connectivity index (χ2n) is 2.94. The number of halogens is 1. The van der Waals surface area contributed by atoms with Crippen LogP contribution < -0.4 is 4.74 Å². The van der Waals surface area contributed by atoms with E-state index in [1.54, 1.807) is 13.2 Å². The van der Waals surface area contributed by atoms with Crippen LogP contribution in [0.15, 0.2) is 18.2 Å². The molecule has 0 bridgehead atoms.